The lowest BCUT2D eigenvalue weighted by Crippen LogP contribution is -2.49. The second-order valence-corrected chi connectivity index (χ2v) is 11.2. The fraction of sp³-hybridized carbons (Fsp3) is 0.571. The van der Waals surface area contributed by atoms with Gasteiger partial charge < -0.3 is 18.9 Å². The molecule has 2 saturated carbocycles. The molecule has 0 spiro atoms. The van der Waals surface area contributed by atoms with Gasteiger partial charge in [0.2, 0.25) is 5.95 Å². The maximum Gasteiger partial charge on any atom is 0.207 e. The number of nitrogens with zero attached hydrogens (tertiary/aromatic N) is 6. The molecule has 0 unspecified atom stereocenters. The van der Waals surface area contributed by atoms with Crippen LogP contribution >= 0.6 is 11.6 Å². The SMILES string of the molecule is COc1c(C#N)nc(-c2cncc(Cl)c2)c2c1nc(N1CCO[C@@H]3CCC[C@H]31)n2CC1CCC(C)CC1. The van der Waals surface area contributed by atoms with Crippen molar-refractivity contribution >= 4 is 28.6 Å². The summed E-state index contributed by atoms with van der Waals surface area (Å²) in [5.74, 6) is 2.69. The van der Waals surface area contributed by atoms with E-state index in [4.69, 9.17) is 31.0 Å². The molecule has 3 aromatic rings. The predicted molar refractivity (Wildman–Crippen MR) is 143 cm³/mol. The zero-order valence-corrected chi connectivity index (χ0v) is 22.2. The van der Waals surface area contributed by atoms with Gasteiger partial charge in [0.15, 0.2) is 11.4 Å². The first-order valence-corrected chi connectivity index (χ1v) is 13.8. The minimum Gasteiger partial charge on any atom is -0.491 e. The van der Waals surface area contributed by atoms with Crippen molar-refractivity contribution in [3.05, 3.63) is 29.2 Å². The van der Waals surface area contributed by atoms with Gasteiger partial charge in [0.1, 0.15) is 17.1 Å². The molecule has 6 rings (SSSR count). The van der Waals surface area contributed by atoms with E-state index in [1.165, 1.54) is 25.7 Å². The quantitative estimate of drug-likeness (QED) is 0.432. The largest absolute Gasteiger partial charge is 0.491 e. The standard InChI is InChI=1S/C28H33ClN6O2/c1-17-6-8-18(9-7-17)16-35-26-24(19-12-20(29)15-31-14-19)32-21(13-30)27(36-2)25(26)33-28(35)34-10-11-37-23-5-3-4-22(23)34/h12,14-15,17-18,22-23H,3-11,16H2,1-2H3/t17?,18?,22-,23-/m1/s1. The molecule has 0 aromatic carbocycles. The monoisotopic (exact) mass is 520 g/mol. The third kappa shape index (κ3) is 4.42. The van der Waals surface area contributed by atoms with Crippen LogP contribution in [0.2, 0.25) is 5.02 Å². The number of pyridine rings is 2. The average Bonchev–Trinajstić information content (AvgIpc) is 3.54. The molecule has 8 nitrogen and oxygen atoms in total. The van der Waals surface area contributed by atoms with Gasteiger partial charge in [0, 0.05) is 31.0 Å². The Bertz CT molecular complexity index is 1340. The zero-order valence-electron chi connectivity index (χ0n) is 21.5. The molecule has 0 amide bonds. The highest BCUT2D eigenvalue weighted by atomic mass is 35.5. The molecule has 0 bridgehead atoms. The summed E-state index contributed by atoms with van der Waals surface area (Å²) in [5, 5.41) is 10.5. The van der Waals surface area contributed by atoms with Crippen molar-refractivity contribution in [2.24, 2.45) is 11.8 Å². The van der Waals surface area contributed by atoms with E-state index in [9.17, 15) is 5.26 Å². The van der Waals surface area contributed by atoms with E-state index in [0.717, 1.165) is 55.3 Å². The first-order chi connectivity index (χ1) is 18.1. The molecule has 3 fully saturated rings. The number of morpholine rings is 1. The number of nitriles is 1. The Morgan fingerprint density at radius 3 is 2.76 bits per heavy atom. The van der Waals surface area contributed by atoms with Gasteiger partial charge in [0.25, 0.3) is 0 Å². The van der Waals surface area contributed by atoms with Crippen LogP contribution < -0.4 is 9.64 Å². The van der Waals surface area contributed by atoms with Crippen molar-refractivity contribution in [1.29, 1.82) is 5.26 Å². The van der Waals surface area contributed by atoms with E-state index < -0.39 is 0 Å². The Balaban J connectivity index is 1.59. The van der Waals surface area contributed by atoms with Crippen molar-refractivity contribution in [2.75, 3.05) is 25.2 Å². The summed E-state index contributed by atoms with van der Waals surface area (Å²) in [6, 6.07) is 4.38. The maximum atomic E-state index is 9.97. The molecule has 2 atom stereocenters. The molecule has 9 heteroatoms. The number of fused-ring (bicyclic) bond motifs is 2. The Morgan fingerprint density at radius 1 is 1.16 bits per heavy atom. The Labute approximate surface area is 222 Å². The molecule has 194 valence electrons. The van der Waals surface area contributed by atoms with Gasteiger partial charge in [-0.2, -0.15) is 5.26 Å². The van der Waals surface area contributed by atoms with Crippen LogP contribution in [0.15, 0.2) is 18.5 Å². The number of halogens is 1. The number of rotatable bonds is 5. The summed E-state index contributed by atoms with van der Waals surface area (Å²) in [6.07, 6.45) is 11.8. The van der Waals surface area contributed by atoms with Crippen LogP contribution in [0.25, 0.3) is 22.3 Å². The summed E-state index contributed by atoms with van der Waals surface area (Å²) in [7, 11) is 1.58. The highest BCUT2D eigenvalue weighted by Gasteiger charge is 2.39. The van der Waals surface area contributed by atoms with Crippen LogP contribution in [0.3, 0.4) is 0 Å². The summed E-state index contributed by atoms with van der Waals surface area (Å²) < 4.78 is 14.3. The van der Waals surface area contributed by atoms with E-state index in [1.54, 1.807) is 19.5 Å². The van der Waals surface area contributed by atoms with Gasteiger partial charge in [-0.15, -0.1) is 0 Å². The Morgan fingerprint density at radius 2 is 2.00 bits per heavy atom. The Kier molecular flexibility index (Phi) is 6.68. The smallest absolute Gasteiger partial charge is 0.207 e. The van der Waals surface area contributed by atoms with Gasteiger partial charge in [-0.1, -0.05) is 31.4 Å². The van der Waals surface area contributed by atoms with Gasteiger partial charge >= 0.3 is 0 Å². The van der Waals surface area contributed by atoms with E-state index in [0.29, 0.717) is 40.5 Å². The number of hydrogen-bond donors (Lipinski definition) is 0. The van der Waals surface area contributed by atoms with E-state index in [1.807, 2.05) is 6.07 Å². The highest BCUT2D eigenvalue weighted by molar-refractivity contribution is 6.30. The molecule has 4 heterocycles. The first kappa shape index (κ1) is 24.4. The molecule has 1 saturated heterocycles. The molecule has 1 aliphatic heterocycles. The minimum absolute atomic E-state index is 0.216. The number of methoxy groups -OCH3 is 1. The third-order valence-electron chi connectivity index (χ3n) is 8.43. The molecule has 3 aliphatic rings. The lowest BCUT2D eigenvalue weighted by Gasteiger charge is -2.39. The summed E-state index contributed by atoms with van der Waals surface area (Å²) in [6.45, 7) is 4.69. The van der Waals surface area contributed by atoms with Crippen molar-refractivity contribution in [1.82, 2.24) is 19.5 Å². The lowest BCUT2D eigenvalue weighted by molar-refractivity contribution is 0.0247. The van der Waals surface area contributed by atoms with Crippen molar-refractivity contribution < 1.29 is 9.47 Å². The molecule has 37 heavy (non-hydrogen) atoms. The lowest BCUT2D eigenvalue weighted by atomic mass is 9.83. The first-order valence-electron chi connectivity index (χ1n) is 13.4. The van der Waals surface area contributed by atoms with E-state index >= 15 is 0 Å². The second kappa shape index (κ2) is 10.1. The van der Waals surface area contributed by atoms with Crippen molar-refractivity contribution in [2.45, 2.75) is 70.6 Å². The average molecular weight is 521 g/mol. The number of aromatic nitrogens is 4. The minimum atomic E-state index is 0.216. The van der Waals surface area contributed by atoms with Crippen LogP contribution in [0.4, 0.5) is 5.95 Å². The number of anilines is 1. The molecule has 0 radical (unpaired) electrons. The number of imidazole rings is 1. The van der Waals surface area contributed by atoms with Crippen LogP contribution in [0, 0.1) is 23.2 Å². The van der Waals surface area contributed by atoms with E-state index in [-0.39, 0.29) is 11.8 Å². The van der Waals surface area contributed by atoms with Gasteiger partial charge in [0.05, 0.1) is 36.6 Å². The summed E-state index contributed by atoms with van der Waals surface area (Å²) >= 11 is 6.35. The fourth-order valence-electron chi connectivity index (χ4n) is 6.51. The van der Waals surface area contributed by atoms with Crippen LogP contribution in [-0.2, 0) is 11.3 Å². The molecular weight excluding hydrogens is 488 g/mol. The molecule has 0 N–H and O–H groups in total. The van der Waals surface area contributed by atoms with Crippen LogP contribution in [-0.4, -0.2) is 51.9 Å². The molecular formula is C28H33ClN6O2. The van der Waals surface area contributed by atoms with Crippen LogP contribution in [0.1, 0.15) is 57.6 Å². The molecule has 2 aliphatic carbocycles. The zero-order chi connectivity index (χ0) is 25.5. The van der Waals surface area contributed by atoms with Gasteiger partial charge in [-0.3, -0.25) is 4.98 Å². The van der Waals surface area contributed by atoms with Gasteiger partial charge in [-0.25, -0.2) is 9.97 Å². The number of hydrogen-bond acceptors (Lipinski definition) is 7. The maximum absolute atomic E-state index is 9.97. The molecule has 3 aromatic heterocycles. The third-order valence-corrected chi connectivity index (χ3v) is 8.64. The Hall–Kier alpha value is -2.89. The highest BCUT2D eigenvalue weighted by Crippen LogP contribution is 2.42. The topological polar surface area (TPSA) is 89.1 Å². The van der Waals surface area contributed by atoms with Gasteiger partial charge in [-0.05, 0) is 50.0 Å². The van der Waals surface area contributed by atoms with Crippen molar-refractivity contribution in [3.8, 4) is 23.1 Å². The van der Waals surface area contributed by atoms with E-state index in [2.05, 4.69) is 27.4 Å². The predicted octanol–water partition coefficient (Wildman–Crippen LogP) is 5.61. The summed E-state index contributed by atoms with van der Waals surface area (Å²) in [5.41, 5.74) is 3.20. The second-order valence-electron chi connectivity index (χ2n) is 10.8. The number of ether oxygens (including phenoxy) is 2. The summed E-state index contributed by atoms with van der Waals surface area (Å²) in [4.78, 5) is 16.8. The fourth-order valence-corrected chi connectivity index (χ4v) is 6.69. The normalized spacial score (nSPS) is 25.7. The van der Waals surface area contributed by atoms with Crippen LogP contribution in [0.5, 0.6) is 5.75 Å². The van der Waals surface area contributed by atoms with Crippen molar-refractivity contribution in [3.63, 3.8) is 0 Å².